The highest BCUT2D eigenvalue weighted by Gasteiger charge is 2.26. The fraction of sp³-hybridized carbons (Fsp3) is 0.538. The maximum atomic E-state index is 13.5. The molecule has 0 aromatic heterocycles. The highest BCUT2D eigenvalue weighted by atomic mass is 19.1. The van der Waals surface area contributed by atoms with Crippen molar-refractivity contribution in [3.8, 4) is 0 Å². The molecule has 1 aliphatic carbocycles. The normalized spacial score (nSPS) is 19.5. The van der Waals surface area contributed by atoms with Gasteiger partial charge in [0.25, 0.3) is 0 Å². The average Bonchev–Trinajstić information content (AvgIpc) is 3.04. The van der Waals surface area contributed by atoms with Crippen LogP contribution in [-0.4, -0.2) is 12.1 Å². The fourth-order valence-electron chi connectivity index (χ4n) is 1.90. The minimum atomic E-state index is -0.373. The van der Waals surface area contributed by atoms with Gasteiger partial charge in [-0.05, 0) is 49.4 Å². The van der Waals surface area contributed by atoms with Gasteiger partial charge >= 0.3 is 0 Å². The molecule has 1 nitrogen and oxygen atoms in total. The van der Waals surface area contributed by atoms with Gasteiger partial charge in [-0.15, -0.1) is 0 Å². The molecular formula is C13H17F2N. The van der Waals surface area contributed by atoms with E-state index in [1.807, 2.05) is 13.8 Å². The molecule has 2 rings (SSSR count). The largest absolute Gasteiger partial charge is 0.311 e. The zero-order chi connectivity index (χ0) is 11.7. The van der Waals surface area contributed by atoms with Crippen LogP contribution in [0.5, 0.6) is 0 Å². The molecule has 1 fully saturated rings. The number of hydrogen-bond donors (Lipinski definition) is 1. The van der Waals surface area contributed by atoms with Gasteiger partial charge in [-0.3, -0.25) is 0 Å². The molecule has 1 N–H and O–H groups in total. The second-order valence-corrected chi connectivity index (χ2v) is 4.68. The van der Waals surface area contributed by atoms with Gasteiger partial charge in [-0.25, -0.2) is 8.78 Å². The molecule has 0 bridgehead atoms. The van der Waals surface area contributed by atoms with Gasteiger partial charge in [-0.1, -0.05) is 6.92 Å². The zero-order valence-corrected chi connectivity index (χ0v) is 9.63. The van der Waals surface area contributed by atoms with Crippen molar-refractivity contribution in [2.45, 2.75) is 44.7 Å². The van der Waals surface area contributed by atoms with Gasteiger partial charge in [0.15, 0.2) is 0 Å². The van der Waals surface area contributed by atoms with Crippen molar-refractivity contribution in [3.05, 3.63) is 35.4 Å². The molecule has 88 valence electrons. The molecule has 3 heteroatoms. The third-order valence-electron chi connectivity index (χ3n) is 3.27. The molecule has 0 aliphatic heterocycles. The van der Waals surface area contributed by atoms with E-state index in [9.17, 15) is 8.78 Å². The SMILES string of the molecule is CC(NC1CC1)C(C)c1cc(F)ccc1F. The number of benzene rings is 1. The Hall–Kier alpha value is -0.960. The smallest absolute Gasteiger partial charge is 0.126 e. The van der Waals surface area contributed by atoms with Crippen LogP contribution in [0.4, 0.5) is 8.78 Å². The van der Waals surface area contributed by atoms with Gasteiger partial charge in [0, 0.05) is 12.1 Å². The van der Waals surface area contributed by atoms with E-state index in [-0.39, 0.29) is 23.6 Å². The summed E-state index contributed by atoms with van der Waals surface area (Å²) >= 11 is 0. The van der Waals surface area contributed by atoms with Gasteiger partial charge in [-0.2, -0.15) is 0 Å². The molecule has 1 aromatic carbocycles. The van der Waals surface area contributed by atoms with E-state index in [1.54, 1.807) is 0 Å². The van der Waals surface area contributed by atoms with Crippen LogP contribution >= 0.6 is 0 Å². The standard InChI is InChI=1S/C13H17F2N/c1-8(9(2)16-11-4-5-11)12-7-10(14)3-6-13(12)15/h3,6-9,11,16H,4-5H2,1-2H3. The molecule has 0 amide bonds. The molecule has 1 saturated carbocycles. The molecule has 2 atom stereocenters. The van der Waals surface area contributed by atoms with E-state index < -0.39 is 0 Å². The number of halogens is 2. The first-order valence-electron chi connectivity index (χ1n) is 5.79. The number of rotatable bonds is 4. The second-order valence-electron chi connectivity index (χ2n) is 4.68. The predicted octanol–water partition coefficient (Wildman–Crippen LogP) is 3.21. The monoisotopic (exact) mass is 225 g/mol. The van der Waals surface area contributed by atoms with Crippen molar-refractivity contribution in [2.75, 3.05) is 0 Å². The third-order valence-corrected chi connectivity index (χ3v) is 3.27. The lowest BCUT2D eigenvalue weighted by Gasteiger charge is -2.22. The summed E-state index contributed by atoms with van der Waals surface area (Å²) in [6.07, 6.45) is 2.39. The van der Waals surface area contributed by atoms with Crippen LogP contribution in [0.2, 0.25) is 0 Å². The molecule has 0 spiro atoms. The quantitative estimate of drug-likeness (QED) is 0.829. The highest BCUT2D eigenvalue weighted by molar-refractivity contribution is 5.23. The van der Waals surface area contributed by atoms with Crippen LogP contribution in [0, 0.1) is 11.6 Å². The molecule has 2 unspecified atom stereocenters. The zero-order valence-electron chi connectivity index (χ0n) is 9.63. The van der Waals surface area contributed by atoms with Crippen LogP contribution < -0.4 is 5.32 Å². The average molecular weight is 225 g/mol. The van der Waals surface area contributed by atoms with Crippen LogP contribution in [0.15, 0.2) is 18.2 Å². The van der Waals surface area contributed by atoms with Gasteiger partial charge in [0.2, 0.25) is 0 Å². The Labute approximate surface area is 94.9 Å². The summed E-state index contributed by atoms with van der Waals surface area (Å²) in [5, 5.41) is 3.41. The van der Waals surface area contributed by atoms with Crippen LogP contribution in [0.25, 0.3) is 0 Å². The van der Waals surface area contributed by atoms with Crippen molar-refractivity contribution in [1.82, 2.24) is 5.32 Å². The lowest BCUT2D eigenvalue weighted by atomic mass is 9.93. The van der Waals surface area contributed by atoms with E-state index in [0.717, 1.165) is 6.07 Å². The summed E-state index contributed by atoms with van der Waals surface area (Å²) in [7, 11) is 0. The Morgan fingerprint density at radius 2 is 1.94 bits per heavy atom. The maximum Gasteiger partial charge on any atom is 0.126 e. The molecule has 16 heavy (non-hydrogen) atoms. The summed E-state index contributed by atoms with van der Waals surface area (Å²) in [4.78, 5) is 0. The lowest BCUT2D eigenvalue weighted by molar-refractivity contribution is 0.459. The Kier molecular flexibility index (Phi) is 3.24. The molecule has 0 saturated heterocycles. The minimum absolute atomic E-state index is 0.0173. The predicted molar refractivity (Wildman–Crippen MR) is 60.4 cm³/mol. The summed E-state index contributed by atoms with van der Waals surface area (Å²) < 4.78 is 26.6. The van der Waals surface area contributed by atoms with E-state index in [2.05, 4.69) is 5.32 Å². The topological polar surface area (TPSA) is 12.0 Å². The van der Waals surface area contributed by atoms with Gasteiger partial charge in [0.05, 0.1) is 0 Å². The highest BCUT2D eigenvalue weighted by Crippen LogP contribution is 2.26. The van der Waals surface area contributed by atoms with Crippen LogP contribution in [-0.2, 0) is 0 Å². The van der Waals surface area contributed by atoms with Crippen molar-refractivity contribution in [3.63, 3.8) is 0 Å². The Morgan fingerprint density at radius 3 is 2.56 bits per heavy atom. The first-order chi connectivity index (χ1) is 7.58. The lowest BCUT2D eigenvalue weighted by Crippen LogP contribution is -2.33. The number of hydrogen-bond acceptors (Lipinski definition) is 1. The van der Waals surface area contributed by atoms with E-state index in [4.69, 9.17) is 0 Å². The molecule has 1 aromatic rings. The first kappa shape index (κ1) is 11.5. The maximum absolute atomic E-state index is 13.5. The number of nitrogens with one attached hydrogen (secondary N) is 1. The van der Waals surface area contributed by atoms with E-state index in [0.29, 0.717) is 11.6 Å². The second kappa shape index (κ2) is 4.50. The van der Waals surface area contributed by atoms with Crippen molar-refractivity contribution < 1.29 is 8.78 Å². The Balaban J connectivity index is 2.11. The fourth-order valence-corrected chi connectivity index (χ4v) is 1.90. The molecule has 0 radical (unpaired) electrons. The van der Waals surface area contributed by atoms with Crippen molar-refractivity contribution >= 4 is 0 Å². The molecular weight excluding hydrogens is 208 g/mol. The van der Waals surface area contributed by atoms with E-state index >= 15 is 0 Å². The van der Waals surface area contributed by atoms with Gasteiger partial charge < -0.3 is 5.32 Å². The Bertz CT molecular complexity index is 374. The van der Waals surface area contributed by atoms with E-state index in [1.165, 1.54) is 25.0 Å². The summed E-state index contributed by atoms with van der Waals surface area (Å²) in [6, 6.07) is 4.40. The third kappa shape index (κ3) is 2.59. The van der Waals surface area contributed by atoms with Crippen molar-refractivity contribution in [1.29, 1.82) is 0 Å². The van der Waals surface area contributed by atoms with Crippen molar-refractivity contribution in [2.24, 2.45) is 0 Å². The summed E-state index contributed by atoms with van der Waals surface area (Å²) in [6.45, 7) is 3.95. The van der Waals surface area contributed by atoms with Crippen LogP contribution in [0.3, 0.4) is 0 Å². The minimum Gasteiger partial charge on any atom is -0.311 e. The van der Waals surface area contributed by atoms with Crippen LogP contribution in [0.1, 0.15) is 38.2 Å². The summed E-state index contributed by atoms with van der Waals surface area (Å²) in [5.41, 5.74) is 0.459. The van der Waals surface area contributed by atoms with Gasteiger partial charge in [0.1, 0.15) is 11.6 Å². The first-order valence-corrected chi connectivity index (χ1v) is 5.79. The summed E-state index contributed by atoms with van der Waals surface area (Å²) in [5.74, 6) is -0.712. The molecule has 0 heterocycles. The molecule has 1 aliphatic rings. The Morgan fingerprint density at radius 1 is 1.25 bits per heavy atom.